The zero-order valence-electron chi connectivity index (χ0n) is 15.9. The van der Waals surface area contributed by atoms with Crippen molar-refractivity contribution in [2.75, 3.05) is 11.9 Å². The number of nitrogens with zero attached hydrogens (tertiary/aromatic N) is 2. The largest absolute Gasteiger partial charge is 0.452 e. The summed E-state index contributed by atoms with van der Waals surface area (Å²) in [6.07, 6.45) is 2.80. The average molecular weight is 418 g/mol. The van der Waals surface area contributed by atoms with Gasteiger partial charge in [-0.2, -0.15) is 5.26 Å². The third-order valence-electron chi connectivity index (χ3n) is 4.72. The summed E-state index contributed by atoms with van der Waals surface area (Å²) in [7, 11) is 0. The molecule has 0 fully saturated rings. The van der Waals surface area contributed by atoms with Crippen LogP contribution in [0, 0.1) is 31.1 Å². The van der Waals surface area contributed by atoms with Crippen molar-refractivity contribution in [3.8, 4) is 6.07 Å². The molecular formula is C20H20ClN3O3S. The average Bonchev–Trinajstić information content (AvgIpc) is 2.94. The van der Waals surface area contributed by atoms with Gasteiger partial charge >= 0.3 is 5.97 Å². The molecule has 0 radical (unpaired) electrons. The van der Waals surface area contributed by atoms with Crippen molar-refractivity contribution in [3.05, 3.63) is 44.0 Å². The Balaban J connectivity index is 1.67. The molecule has 146 valence electrons. The maximum Gasteiger partial charge on any atom is 0.342 e. The summed E-state index contributed by atoms with van der Waals surface area (Å²) in [6.45, 7) is 5.22. The first-order valence-corrected chi connectivity index (χ1v) is 10.1. The summed E-state index contributed by atoms with van der Waals surface area (Å²) in [5.74, 6) is -0.631. The van der Waals surface area contributed by atoms with Gasteiger partial charge in [-0.05, 0) is 56.2 Å². The predicted molar refractivity (Wildman–Crippen MR) is 108 cm³/mol. The number of ether oxygens (including phenoxy) is 1. The molecule has 1 aliphatic rings. The SMILES string of the molecule is Cc1cc(C)c(C(=O)OCC(=O)Nc2sc3c(c2C#N)CC[C@H](C)C3)c(Cl)n1. The Labute approximate surface area is 172 Å². The molecule has 2 aromatic rings. The van der Waals surface area contributed by atoms with E-state index in [1.165, 1.54) is 11.3 Å². The van der Waals surface area contributed by atoms with E-state index in [-0.39, 0.29) is 10.7 Å². The second-order valence-electron chi connectivity index (χ2n) is 7.04. The van der Waals surface area contributed by atoms with E-state index < -0.39 is 18.5 Å². The van der Waals surface area contributed by atoms with Crippen LogP contribution in [0.4, 0.5) is 5.00 Å². The lowest BCUT2D eigenvalue weighted by Crippen LogP contribution is -2.21. The topological polar surface area (TPSA) is 92.1 Å². The first-order chi connectivity index (χ1) is 13.3. The van der Waals surface area contributed by atoms with E-state index >= 15 is 0 Å². The highest BCUT2D eigenvalue weighted by atomic mass is 35.5. The fraction of sp³-hybridized carbons (Fsp3) is 0.400. The Morgan fingerprint density at radius 3 is 2.89 bits per heavy atom. The number of fused-ring (bicyclic) bond motifs is 1. The molecule has 1 amide bonds. The fourth-order valence-electron chi connectivity index (χ4n) is 3.36. The van der Waals surface area contributed by atoms with E-state index in [9.17, 15) is 14.9 Å². The summed E-state index contributed by atoms with van der Waals surface area (Å²) < 4.78 is 5.10. The summed E-state index contributed by atoms with van der Waals surface area (Å²) in [4.78, 5) is 29.8. The number of amides is 1. The molecule has 1 atom stereocenters. The standard InChI is InChI=1S/C20H20ClN3O3S/c1-10-4-5-13-14(8-22)19(28-15(13)6-10)24-16(25)9-27-20(26)17-11(2)7-12(3)23-18(17)21/h7,10H,4-6,9H2,1-3H3,(H,24,25)/t10-/m0/s1. The Bertz CT molecular complexity index is 970. The van der Waals surface area contributed by atoms with Crippen LogP contribution in [0.25, 0.3) is 0 Å². The molecule has 0 unspecified atom stereocenters. The van der Waals surface area contributed by atoms with E-state index in [1.807, 2.05) is 0 Å². The van der Waals surface area contributed by atoms with Crippen LogP contribution >= 0.6 is 22.9 Å². The number of carbonyl (C=O) groups excluding carboxylic acids is 2. The Hall–Kier alpha value is -2.43. The number of anilines is 1. The number of carbonyl (C=O) groups is 2. The minimum Gasteiger partial charge on any atom is -0.452 e. The number of thiophene rings is 1. The van der Waals surface area contributed by atoms with Crippen LogP contribution in [0.2, 0.25) is 5.15 Å². The molecule has 0 aliphatic heterocycles. The van der Waals surface area contributed by atoms with E-state index in [1.54, 1.807) is 19.9 Å². The van der Waals surface area contributed by atoms with E-state index in [2.05, 4.69) is 23.3 Å². The molecule has 2 heterocycles. The van der Waals surface area contributed by atoms with Gasteiger partial charge < -0.3 is 10.1 Å². The lowest BCUT2D eigenvalue weighted by molar-refractivity contribution is -0.119. The molecule has 0 bridgehead atoms. The quantitative estimate of drug-likeness (QED) is 0.594. The number of rotatable bonds is 4. The molecule has 0 aromatic carbocycles. The summed E-state index contributed by atoms with van der Waals surface area (Å²) in [6, 6.07) is 3.92. The third-order valence-corrected chi connectivity index (χ3v) is 6.16. The highest BCUT2D eigenvalue weighted by molar-refractivity contribution is 7.16. The Morgan fingerprint density at radius 1 is 1.46 bits per heavy atom. The number of halogens is 1. The Kier molecular flexibility index (Phi) is 6.01. The first kappa shape index (κ1) is 20.3. The van der Waals surface area contributed by atoms with Crippen LogP contribution in [-0.4, -0.2) is 23.5 Å². The lowest BCUT2D eigenvalue weighted by atomic mass is 9.89. The number of nitrogens with one attached hydrogen (secondary N) is 1. The van der Waals surface area contributed by atoms with Crippen molar-refractivity contribution in [2.24, 2.45) is 5.92 Å². The normalized spacial score (nSPS) is 15.5. The first-order valence-electron chi connectivity index (χ1n) is 8.95. The van der Waals surface area contributed by atoms with Crippen molar-refractivity contribution >= 4 is 39.8 Å². The zero-order chi connectivity index (χ0) is 20.4. The molecule has 0 saturated carbocycles. The van der Waals surface area contributed by atoms with Crippen LogP contribution in [0.5, 0.6) is 0 Å². The number of hydrogen-bond acceptors (Lipinski definition) is 6. The number of aryl methyl sites for hydroxylation is 2. The van der Waals surface area contributed by atoms with Crippen molar-refractivity contribution < 1.29 is 14.3 Å². The van der Waals surface area contributed by atoms with Gasteiger partial charge in [-0.3, -0.25) is 4.79 Å². The maximum atomic E-state index is 12.3. The molecule has 3 rings (SSSR count). The van der Waals surface area contributed by atoms with Gasteiger partial charge in [0, 0.05) is 10.6 Å². The van der Waals surface area contributed by atoms with Gasteiger partial charge in [0.25, 0.3) is 5.91 Å². The maximum absolute atomic E-state index is 12.3. The molecule has 0 saturated heterocycles. The van der Waals surface area contributed by atoms with Crippen LogP contribution in [0.15, 0.2) is 6.07 Å². The minimum atomic E-state index is -0.704. The monoisotopic (exact) mass is 417 g/mol. The van der Waals surface area contributed by atoms with Gasteiger partial charge in [-0.1, -0.05) is 18.5 Å². The van der Waals surface area contributed by atoms with E-state index in [0.29, 0.717) is 27.7 Å². The third kappa shape index (κ3) is 4.18. The van der Waals surface area contributed by atoms with Gasteiger partial charge in [0.1, 0.15) is 16.2 Å². The molecule has 0 spiro atoms. The number of pyridine rings is 1. The lowest BCUT2D eigenvalue weighted by Gasteiger charge is -2.17. The minimum absolute atomic E-state index is 0.0507. The summed E-state index contributed by atoms with van der Waals surface area (Å²) in [5, 5.41) is 12.8. The molecule has 28 heavy (non-hydrogen) atoms. The number of aromatic nitrogens is 1. The van der Waals surface area contributed by atoms with Crippen molar-refractivity contribution in [1.82, 2.24) is 4.98 Å². The fourth-order valence-corrected chi connectivity index (χ4v) is 5.10. The van der Waals surface area contributed by atoms with Crippen molar-refractivity contribution in [3.63, 3.8) is 0 Å². The summed E-state index contributed by atoms with van der Waals surface area (Å²) in [5.41, 5.74) is 3.03. The van der Waals surface area contributed by atoms with Gasteiger partial charge in [-0.25, -0.2) is 9.78 Å². The molecule has 6 nitrogen and oxygen atoms in total. The van der Waals surface area contributed by atoms with Gasteiger partial charge in [-0.15, -0.1) is 11.3 Å². The zero-order valence-corrected chi connectivity index (χ0v) is 17.5. The van der Waals surface area contributed by atoms with Crippen LogP contribution < -0.4 is 5.32 Å². The van der Waals surface area contributed by atoms with Crippen molar-refractivity contribution in [1.29, 1.82) is 5.26 Å². The molecule has 1 aliphatic carbocycles. The predicted octanol–water partition coefficient (Wildman–Crippen LogP) is 4.21. The van der Waals surface area contributed by atoms with Crippen molar-refractivity contribution in [2.45, 2.75) is 40.0 Å². The number of nitriles is 1. The number of esters is 1. The summed E-state index contributed by atoms with van der Waals surface area (Å²) >= 11 is 7.47. The van der Waals surface area contributed by atoms with E-state index in [4.69, 9.17) is 16.3 Å². The molecule has 2 aromatic heterocycles. The molecule has 1 N–H and O–H groups in total. The second-order valence-corrected chi connectivity index (χ2v) is 8.50. The molecule has 8 heteroatoms. The number of hydrogen-bond donors (Lipinski definition) is 1. The highest BCUT2D eigenvalue weighted by Crippen LogP contribution is 2.39. The van der Waals surface area contributed by atoms with Crippen LogP contribution in [0.1, 0.15) is 51.0 Å². The van der Waals surface area contributed by atoms with Crippen LogP contribution in [-0.2, 0) is 22.4 Å². The van der Waals surface area contributed by atoms with Gasteiger partial charge in [0.05, 0.1) is 11.1 Å². The van der Waals surface area contributed by atoms with E-state index in [0.717, 1.165) is 29.7 Å². The molecular weight excluding hydrogens is 398 g/mol. The Morgan fingerprint density at radius 2 is 2.21 bits per heavy atom. The smallest absolute Gasteiger partial charge is 0.342 e. The van der Waals surface area contributed by atoms with Crippen LogP contribution in [0.3, 0.4) is 0 Å². The van der Waals surface area contributed by atoms with Gasteiger partial charge in [0.15, 0.2) is 6.61 Å². The van der Waals surface area contributed by atoms with Gasteiger partial charge in [0.2, 0.25) is 0 Å². The highest BCUT2D eigenvalue weighted by Gasteiger charge is 2.25. The second kappa shape index (κ2) is 8.29.